The van der Waals surface area contributed by atoms with Crippen molar-refractivity contribution in [2.45, 2.75) is 6.10 Å². The Labute approximate surface area is 128 Å². The standard InChI is InChI=1S/C6H12O5S.C3H4O2.Na/c1-2-3-11-4-6(7)5-12(8,9)10;1-2-3(4)5;/h2,6-7H,1,3-5H2,(H,8,9,10);2H,1H2,(H,4,5);/q;;+1/p-1. The van der Waals surface area contributed by atoms with Crippen LogP contribution in [0.15, 0.2) is 25.3 Å². The number of hydrogen-bond donors (Lipinski definition) is 2. The number of aliphatic hydroxyl groups is 1. The van der Waals surface area contributed by atoms with Crippen LogP contribution in [0, 0.1) is 0 Å². The van der Waals surface area contributed by atoms with Gasteiger partial charge in [0, 0.05) is 6.08 Å². The monoisotopic (exact) mass is 290 g/mol. The molecule has 0 radical (unpaired) electrons. The van der Waals surface area contributed by atoms with Crippen molar-refractivity contribution in [2.75, 3.05) is 19.0 Å². The molecule has 0 aliphatic rings. The second-order valence-electron chi connectivity index (χ2n) is 2.75. The third kappa shape index (κ3) is 24.8. The summed E-state index contributed by atoms with van der Waals surface area (Å²) >= 11 is 0. The van der Waals surface area contributed by atoms with E-state index in [0.29, 0.717) is 0 Å². The molecule has 0 heterocycles. The molecule has 0 aromatic rings. The Morgan fingerprint density at radius 3 is 2.17 bits per heavy atom. The van der Waals surface area contributed by atoms with Crippen molar-refractivity contribution in [3.8, 4) is 0 Å². The van der Waals surface area contributed by atoms with Gasteiger partial charge in [0.2, 0.25) is 0 Å². The molecule has 2 N–H and O–H groups in total. The SMILES string of the molecule is C=CC(=O)O.C=CCOCC(O)CS(=O)(=O)[O-].[Na+]. The quantitative estimate of drug-likeness (QED) is 0.163. The molecular formula is C9H15NaO7S. The molecule has 1 atom stereocenters. The fraction of sp³-hybridized carbons (Fsp3) is 0.444. The first-order valence-corrected chi connectivity index (χ1v) is 5.96. The van der Waals surface area contributed by atoms with Gasteiger partial charge in [-0.2, -0.15) is 0 Å². The fourth-order valence-corrected chi connectivity index (χ4v) is 1.14. The number of hydrogen-bond acceptors (Lipinski definition) is 6. The molecule has 0 aromatic heterocycles. The van der Waals surface area contributed by atoms with Crippen LogP contribution in [0.25, 0.3) is 0 Å². The summed E-state index contributed by atoms with van der Waals surface area (Å²) in [4.78, 5) is 9.25. The normalized spacial score (nSPS) is 11.2. The smallest absolute Gasteiger partial charge is 0.748 e. The first-order valence-electron chi connectivity index (χ1n) is 4.38. The second-order valence-corrected chi connectivity index (χ2v) is 4.20. The van der Waals surface area contributed by atoms with Gasteiger partial charge >= 0.3 is 35.5 Å². The molecule has 0 aliphatic carbocycles. The zero-order valence-electron chi connectivity index (χ0n) is 10.1. The minimum absolute atomic E-state index is 0. The molecule has 7 nitrogen and oxygen atoms in total. The van der Waals surface area contributed by atoms with Crippen LogP contribution in [0.5, 0.6) is 0 Å². The summed E-state index contributed by atoms with van der Waals surface area (Å²) in [5, 5.41) is 16.5. The van der Waals surface area contributed by atoms with Crippen LogP contribution >= 0.6 is 0 Å². The molecule has 9 heteroatoms. The van der Waals surface area contributed by atoms with Crippen molar-refractivity contribution in [1.82, 2.24) is 0 Å². The zero-order chi connectivity index (χ0) is 13.9. The van der Waals surface area contributed by atoms with Crippen LogP contribution in [0.3, 0.4) is 0 Å². The predicted molar refractivity (Wildman–Crippen MR) is 59.4 cm³/mol. The minimum atomic E-state index is -4.37. The molecule has 0 saturated carbocycles. The third-order valence-electron chi connectivity index (χ3n) is 1.12. The average molecular weight is 290 g/mol. The van der Waals surface area contributed by atoms with Gasteiger partial charge in [-0.1, -0.05) is 12.7 Å². The number of carbonyl (C=O) groups is 1. The molecule has 100 valence electrons. The Kier molecular flexibility index (Phi) is 16.8. The van der Waals surface area contributed by atoms with Crippen molar-refractivity contribution in [2.24, 2.45) is 0 Å². The van der Waals surface area contributed by atoms with Crippen LogP contribution in [-0.4, -0.2) is 54.2 Å². The zero-order valence-corrected chi connectivity index (χ0v) is 12.9. The number of aliphatic carboxylic acids is 1. The molecule has 0 fully saturated rings. The maximum absolute atomic E-state index is 10.1. The van der Waals surface area contributed by atoms with E-state index in [-0.39, 0.29) is 42.8 Å². The van der Waals surface area contributed by atoms with Crippen molar-refractivity contribution >= 4 is 16.1 Å². The van der Waals surface area contributed by atoms with Crippen LogP contribution < -0.4 is 29.6 Å². The second kappa shape index (κ2) is 13.2. The Morgan fingerprint density at radius 1 is 1.44 bits per heavy atom. The molecule has 0 amide bonds. The van der Waals surface area contributed by atoms with Gasteiger partial charge in [0.1, 0.15) is 0 Å². The van der Waals surface area contributed by atoms with E-state index in [4.69, 9.17) is 14.9 Å². The summed E-state index contributed by atoms with van der Waals surface area (Å²) in [6.45, 7) is 6.35. The number of carboxylic acid groups (broad SMARTS) is 1. The molecule has 0 saturated heterocycles. The van der Waals surface area contributed by atoms with E-state index in [1.165, 1.54) is 6.08 Å². The molecule has 0 aliphatic heterocycles. The Hall–Kier alpha value is -0.220. The number of aliphatic hydroxyl groups excluding tert-OH is 1. The molecule has 0 rings (SSSR count). The predicted octanol–water partition coefficient (Wildman–Crippen LogP) is -3.64. The van der Waals surface area contributed by atoms with Gasteiger partial charge in [0.15, 0.2) is 0 Å². The first kappa shape index (κ1) is 22.9. The van der Waals surface area contributed by atoms with E-state index in [9.17, 15) is 17.8 Å². The van der Waals surface area contributed by atoms with Crippen LogP contribution in [0.1, 0.15) is 0 Å². The van der Waals surface area contributed by atoms with Gasteiger partial charge in [-0.3, -0.25) is 0 Å². The Morgan fingerprint density at radius 2 is 1.89 bits per heavy atom. The van der Waals surface area contributed by atoms with Crippen molar-refractivity contribution in [3.05, 3.63) is 25.3 Å². The van der Waals surface area contributed by atoms with E-state index >= 15 is 0 Å². The van der Waals surface area contributed by atoms with E-state index in [0.717, 1.165) is 6.08 Å². The molecule has 18 heavy (non-hydrogen) atoms. The van der Waals surface area contributed by atoms with Gasteiger partial charge in [0.25, 0.3) is 0 Å². The minimum Gasteiger partial charge on any atom is -0.748 e. The van der Waals surface area contributed by atoms with Crippen molar-refractivity contribution < 1.29 is 62.3 Å². The van der Waals surface area contributed by atoms with Crippen LogP contribution in [0.2, 0.25) is 0 Å². The third-order valence-corrected chi connectivity index (χ3v) is 1.91. The van der Waals surface area contributed by atoms with Crippen LogP contribution in [0.4, 0.5) is 0 Å². The molecule has 0 spiro atoms. The summed E-state index contributed by atoms with van der Waals surface area (Å²) in [6.07, 6.45) is 1.03. The fourth-order valence-electron chi connectivity index (χ4n) is 0.571. The van der Waals surface area contributed by atoms with E-state index < -0.39 is 27.9 Å². The maximum atomic E-state index is 10.1. The molecule has 0 bridgehead atoms. The summed E-state index contributed by atoms with van der Waals surface area (Å²) < 4.78 is 35.0. The van der Waals surface area contributed by atoms with Crippen molar-refractivity contribution in [1.29, 1.82) is 0 Å². The molecule has 0 aromatic carbocycles. The topological polar surface area (TPSA) is 124 Å². The maximum Gasteiger partial charge on any atom is 1.00 e. The number of carboxylic acids is 1. The molecular weight excluding hydrogens is 275 g/mol. The van der Waals surface area contributed by atoms with Gasteiger partial charge in [-0.15, -0.1) is 6.58 Å². The number of ether oxygens (including phenoxy) is 1. The van der Waals surface area contributed by atoms with Crippen molar-refractivity contribution in [3.63, 3.8) is 0 Å². The van der Waals surface area contributed by atoms with Gasteiger partial charge < -0.3 is 19.5 Å². The van der Waals surface area contributed by atoms with Gasteiger partial charge in [-0.05, 0) is 0 Å². The largest absolute Gasteiger partial charge is 1.00 e. The van der Waals surface area contributed by atoms with E-state index in [2.05, 4.69) is 13.2 Å². The number of rotatable bonds is 7. The van der Waals surface area contributed by atoms with E-state index in [1.54, 1.807) is 0 Å². The summed E-state index contributed by atoms with van der Waals surface area (Å²) in [5.74, 6) is -1.80. The van der Waals surface area contributed by atoms with Gasteiger partial charge in [0.05, 0.1) is 35.2 Å². The van der Waals surface area contributed by atoms with E-state index in [1.807, 2.05) is 0 Å². The summed E-state index contributed by atoms with van der Waals surface area (Å²) in [7, 11) is -4.37. The van der Waals surface area contributed by atoms with Crippen LogP contribution in [-0.2, 0) is 19.6 Å². The average Bonchev–Trinajstić information content (AvgIpc) is 2.16. The molecule has 1 unspecified atom stereocenters. The summed E-state index contributed by atoms with van der Waals surface area (Å²) in [6, 6.07) is 0. The summed E-state index contributed by atoms with van der Waals surface area (Å²) in [5.41, 5.74) is 0. The first-order chi connectivity index (χ1) is 7.72. The van der Waals surface area contributed by atoms with Gasteiger partial charge in [-0.25, -0.2) is 13.2 Å². The Bertz CT molecular complexity index is 339. The Balaban J connectivity index is -0.000000321.